The number of aromatic nitrogens is 2. The van der Waals surface area contributed by atoms with Crippen LogP contribution in [0.25, 0.3) is 16.9 Å². The number of para-hydroxylation sites is 1. The third kappa shape index (κ3) is 4.42. The molecule has 9 heteroatoms. The molecule has 1 atom stereocenters. The Hall–Kier alpha value is -3.78. The van der Waals surface area contributed by atoms with Gasteiger partial charge in [-0.3, -0.25) is 0 Å². The number of hydrogen-bond donors (Lipinski definition) is 2. The number of rotatable bonds is 6. The van der Waals surface area contributed by atoms with Crippen LogP contribution >= 0.6 is 11.6 Å². The number of carbonyl (C=O) groups is 2. The number of hydrogen-bond acceptors (Lipinski definition) is 5. The molecule has 1 aromatic heterocycles. The molecular formula is C24H23ClN4O4. The monoisotopic (exact) mass is 466 g/mol. The molecule has 33 heavy (non-hydrogen) atoms. The second kappa shape index (κ2) is 9.38. The fraction of sp³-hybridized carbons (Fsp3) is 0.208. The first-order chi connectivity index (χ1) is 15.9. The summed E-state index contributed by atoms with van der Waals surface area (Å²) in [5.41, 5.74) is 3.45. The van der Waals surface area contributed by atoms with Gasteiger partial charge in [-0.05, 0) is 44.2 Å². The molecule has 3 aromatic rings. The molecule has 2 amide bonds. The lowest BCUT2D eigenvalue weighted by Gasteiger charge is -2.27. The predicted octanol–water partition coefficient (Wildman–Crippen LogP) is 4.39. The summed E-state index contributed by atoms with van der Waals surface area (Å²) in [7, 11) is 1.54. The standard InChI is InChI=1S/C24H23ClN4O4/c1-4-33-23(30)20-14(2)26-24(31)27-22(20)17-13-29(16-8-6-5-7-9-16)28-21(17)15-10-11-19(32-3)18(25)12-15/h5-13,22H,4H2,1-3H3,(H2,26,27,31)/t22-/m0/s1. The van der Waals surface area contributed by atoms with Crippen LogP contribution in [-0.4, -0.2) is 35.5 Å². The number of esters is 1. The van der Waals surface area contributed by atoms with Crippen molar-refractivity contribution in [3.63, 3.8) is 0 Å². The van der Waals surface area contributed by atoms with Crippen molar-refractivity contribution >= 4 is 23.6 Å². The normalized spacial score (nSPS) is 15.6. The van der Waals surface area contributed by atoms with E-state index in [0.717, 1.165) is 5.69 Å². The van der Waals surface area contributed by atoms with Crippen LogP contribution < -0.4 is 15.4 Å². The van der Waals surface area contributed by atoms with Gasteiger partial charge in [0.05, 0.1) is 41.7 Å². The summed E-state index contributed by atoms with van der Waals surface area (Å²) in [5, 5.41) is 10.7. The molecule has 170 valence electrons. The summed E-state index contributed by atoms with van der Waals surface area (Å²) in [6.45, 7) is 3.61. The van der Waals surface area contributed by atoms with Crippen molar-refractivity contribution in [2.75, 3.05) is 13.7 Å². The number of halogens is 1. The van der Waals surface area contributed by atoms with Crippen LogP contribution in [0, 0.1) is 0 Å². The highest BCUT2D eigenvalue weighted by Crippen LogP contribution is 2.37. The zero-order valence-electron chi connectivity index (χ0n) is 18.4. The highest BCUT2D eigenvalue weighted by atomic mass is 35.5. The van der Waals surface area contributed by atoms with E-state index in [1.807, 2.05) is 36.4 Å². The Kier molecular flexibility index (Phi) is 6.37. The minimum Gasteiger partial charge on any atom is -0.495 e. The molecule has 0 bridgehead atoms. The number of nitrogens with zero attached hydrogens (tertiary/aromatic N) is 2. The van der Waals surface area contributed by atoms with Gasteiger partial charge >= 0.3 is 12.0 Å². The number of benzene rings is 2. The molecule has 2 aromatic carbocycles. The quantitative estimate of drug-likeness (QED) is 0.525. The van der Waals surface area contributed by atoms with Gasteiger partial charge in [0, 0.05) is 23.0 Å². The van der Waals surface area contributed by atoms with Crippen molar-refractivity contribution in [1.82, 2.24) is 20.4 Å². The van der Waals surface area contributed by atoms with Crippen LogP contribution in [-0.2, 0) is 9.53 Å². The maximum Gasteiger partial charge on any atom is 0.338 e. The summed E-state index contributed by atoms with van der Waals surface area (Å²) in [6, 6.07) is 13.7. The molecule has 2 heterocycles. The number of methoxy groups -OCH3 is 1. The van der Waals surface area contributed by atoms with Gasteiger partial charge in [-0.1, -0.05) is 29.8 Å². The number of allylic oxidation sites excluding steroid dienone is 1. The minimum absolute atomic E-state index is 0.209. The fourth-order valence-corrected chi connectivity index (χ4v) is 4.01. The summed E-state index contributed by atoms with van der Waals surface area (Å²) in [4.78, 5) is 25.2. The van der Waals surface area contributed by atoms with Crippen molar-refractivity contribution < 1.29 is 19.1 Å². The van der Waals surface area contributed by atoms with Gasteiger partial charge in [0.15, 0.2) is 0 Å². The van der Waals surface area contributed by atoms with E-state index in [0.29, 0.717) is 38.9 Å². The lowest BCUT2D eigenvalue weighted by molar-refractivity contribution is -0.139. The SMILES string of the molecule is CCOC(=O)C1=C(C)NC(=O)N[C@H]1c1cn(-c2ccccc2)nc1-c1ccc(OC)c(Cl)c1. The van der Waals surface area contributed by atoms with Crippen LogP contribution in [0.5, 0.6) is 5.75 Å². The maximum absolute atomic E-state index is 12.8. The Morgan fingerprint density at radius 3 is 2.64 bits per heavy atom. The Morgan fingerprint density at radius 2 is 1.97 bits per heavy atom. The van der Waals surface area contributed by atoms with Crippen molar-refractivity contribution in [1.29, 1.82) is 0 Å². The molecule has 0 saturated heterocycles. The Labute approximate surface area is 196 Å². The topological polar surface area (TPSA) is 94.5 Å². The first-order valence-electron chi connectivity index (χ1n) is 10.4. The molecule has 0 spiro atoms. The first kappa shape index (κ1) is 22.4. The van der Waals surface area contributed by atoms with E-state index in [2.05, 4.69) is 10.6 Å². The molecule has 0 radical (unpaired) electrons. The van der Waals surface area contributed by atoms with Gasteiger partial charge in [-0.25, -0.2) is 14.3 Å². The molecule has 0 unspecified atom stereocenters. The van der Waals surface area contributed by atoms with Gasteiger partial charge in [0.2, 0.25) is 0 Å². The van der Waals surface area contributed by atoms with E-state index >= 15 is 0 Å². The molecular weight excluding hydrogens is 444 g/mol. The summed E-state index contributed by atoms with van der Waals surface area (Å²) in [5.74, 6) is 0.0151. The molecule has 0 aliphatic carbocycles. The van der Waals surface area contributed by atoms with E-state index < -0.39 is 18.0 Å². The second-order valence-electron chi connectivity index (χ2n) is 7.35. The molecule has 1 aliphatic heterocycles. The molecule has 1 aliphatic rings. The average Bonchev–Trinajstić information content (AvgIpc) is 3.24. The number of urea groups is 1. The maximum atomic E-state index is 12.8. The minimum atomic E-state index is -0.772. The van der Waals surface area contributed by atoms with E-state index in [-0.39, 0.29) is 6.61 Å². The lowest BCUT2D eigenvalue weighted by atomic mass is 9.93. The zero-order valence-corrected chi connectivity index (χ0v) is 19.1. The third-order valence-corrected chi connectivity index (χ3v) is 5.56. The smallest absolute Gasteiger partial charge is 0.338 e. The Morgan fingerprint density at radius 1 is 1.21 bits per heavy atom. The van der Waals surface area contributed by atoms with Crippen LogP contribution in [0.1, 0.15) is 25.5 Å². The first-order valence-corrected chi connectivity index (χ1v) is 10.7. The van der Waals surface area contributed by atoms with Crippen LogP contribution in [0.3, 0.4) is 0 Å². The van der Waals surface area contributed by atoms with E-state index in [4.69, 9.17) is 26.2 Å². The highest BCUT2D eigenvalue weighted by Gasteiger charge is 2.35. The lowest BCUT2D eigenvalue weighted by Crippen LogP contribution is -2.45. The van der Waals surface area contributed by atoms with Gasteiger partial charge in [-0.15, -0.1) is 0 Å². The van der Waals surface area contributed by atoms with Crippen LogP contribution in [0.2, 0.25) is 5.02 Å². The second-order valence-corrected chi connectivity index (χ2v) is 7.76. The Balaban J connectivity index is 1.91. The summed E-state index contributed by atoms with van der Waals surface area (Å²) < 4.78 is 12.2. The number of ether oxygens (including phenoxy) is 2. The third-order valence-electron chi connectivity index (χ3n) is 5.26. The van der Waals surface area contributed by atoms with Gasteiger partial charge in [0.25, 0.3) is 0 Å². The molecule has 4 rings (SSSR count). The van der Waals surface area contributed by atoms with Crippen molar-refractivity contribution in [3.05, 3.63) is 76.6 Å². The van der Waals surface area contributed by atoms with Crippen LogP contribution in [0.4, 0.5) is 4.79 Å². The average molecular weight is 467 g/mol. The predicted molar refractivity (Wildman–Crippen MR) is 124 cm³/mol. The van der Waals surface area contributed by atoms with E-state index in [1.54, 1.807) is 44.0 Å². The Bertz CT molecular complexity index is 1240. The number of carbonyl (C=O) groups excluding carboxylic acids is 2. The van der Waals surface area contributed by atoms with Crippen molar-refractivity contribution in [2.24, 2.45) is 0 Å². The fourth-order valence-electron chi connectivity index (χ4n) is 3.76. The van der Waals surface area contributed by atoms with Gasteiger partial charge in [-0.2, -0.15) is 5.10 Å². The summed E-state index contributed by atoms with van der Waals surface area (Å²) >= 11 is 6.39. The summed E-state index contributed by atoms with van der Waals surface area (Å²) in [6.07, 6.45) is 1.80. The van der Waals surface area contributed by atoms with Crippen molar-refractivity contribution in [2.45, 2.75) is 19.9 Å². The van der Waals surface area contributed by atoms with Crippen molar-refractivity contribution in [3.8, 4) is 22.7 Å². The number of nitrogens with one attached hydrogen (secondary N) is 2. The number of amides is 2. The molecule has 0 fully saturated rings. The molecule has 0 saturated carbocycles. The van der Waals surface area contributed by atoms with E-state index in [1.165, 1.54) is 0 Å². The largest absolute Gasteiger partial charge is 0.495 e. The molecule has 8 nitrogen and oxygen atoms in total. The molecule has 2 N–H and O–H groups in total. The van der Waals surface area contributed by atoms with Gasteiger partial charge in [0.1, 0.15) is 5.75 Å². The zero-order chi connectivity index (χ0) is 23.5. The van der Waals surface area contributed by atoms with Gasteiger partial charge < -0.3 is 20.1 Å². The van der Waals surface area contributed by atoms with E-state index in [9.17, 15) is 9.59 Å². The van der Waals surface area contributed by atoms with Crippen LogP contribution in [0.15, 0.2) is 66.0 Å². The highest BCUT2D eigenvalue weighted by molar-refractivity contribution is 6.32.